The average Bonchev–Trinajstić information content (AvgIpc) is 1.41. The molecule has 9 heterocycles. The van der Waals surface area contributed by atoms with Crippen molar-refractivity contribution in [2.45, 2.75) is 191 Å². The highest BCUT2D eigenvalue weighted by molar-refractivity contribution is 7.27. The van der Waals surface area contributed by atoms with Crippen LogP contribution >= 0.6 is 68.0 Å². The molecule has 0 N–H and O–H groups in total. The first-order chi connectivity index (χ1) is 44.7. The zero-order chi connectivity index (χ0) is 61.6. The van der Waals surface area contributed by atoms with Crippen LogP contribution in [0.2, 0.25) is 0 Å². The van der Waals surface area contributed by atoms with Crippen LogP contribution in [0.4, 0.5) is 0 Å². The molecule has 0 aliphatic heterocycles. The van der Waals surface area contributed by atoms with E-state index in [1.807, 2.05) is 73.6 Å². The molecule has 0 spiro atoms. The highest BCUT2D eigenvalue weighted by Crippen LogP contribution is 2.89. The molecule has 0 radical (unpaired) electrons. The van der Waals surface area contributed by atoms with Crippen LogP contribution < -0.4 is 0 Å². The maximum absolute atomic E-state index is 2.87. The van der Waals surface area contributed by atoms with Gasteiger partial charge in [-0.2, -0.15) is 0 Å². The topological polar surface area (TPSA) is 14.8 Å². The normalized spacial score (nSPS) is 20.3. The van der Waals surface area contributed by atoms with Gasteiger partial charge in [0.2, 0.25) is 0 Å². The predicted molar refractivity (Wildman–Crippen MR) is 399 cm³/mol. The van der Waals surface area contributed by atoms with Crippen molar-refractivity contribution in [3.05, 3.63) is 203 Å². The maximum Gasteiger partial charge on any atom is 0.0704 e. The van der Waals surface area contributed by atoms with E-state index in [0.717, 1.165) is 103 Å². The summed E-state index contributed by atoms with van der Waals surface area (Å²) < 4.78 is 16.5. The van der Waals surface area contributed by atoms with Crippen LogP contribution in [0.3, 0.4) is 0 Å². The summed E-state index contributed by atoms with van der Waals surface area (Å²) in [6, 6.07) is 49.6. The average molecular weight is 1300 g/mol. The molecule has 5 aliphatic carbocycles. The summed E-state index contributed by atoms with van der Waals surface area (Å²) >= 11 is 11.5. The van der Waals surface area contributed by atoms with Crippen molar-refractivity contribution in [3.63, 3.8) is 0 Å². The number of allylic oxidation sites excluding steroid dienone is 4. The highest BCUT2D eigenvalue weighted by Gasteiger charge is 2.85. The molecule has 18 rings (SSSR count). The van der Waals surface area contributed by atoms with Crippen LogP contribution in [0.5, 0.6) is 0 Å². The third kappa shape index (κ3) is 6.66. The van der Waals surface area contributed by atoms with E-state index < -0.39 is 10.8 Å². The van der Waals surface area contributed by atoms with Gasteiger partial charge in [-0.05, 0) is 223 Å². The SMILES string of the molecule is CCCC1(CCC)C2=C(c3ccc(-n4c5ccsc5c5sccc54)cc31)C13c4ccccc4C(CCC)(CCC)C1(C1=C2c2ccc(-n4c5ccsc5c5sccc54)cc2C1(CCC)CCC)c1ccc(-n2c4ccsc4c4sccc42)cc1C3(CCC)CCC. The van der Waals surface area contributed by atoms with E-state index in [9.17, 15) is 0 Å². The van der Waals surface area contributed by atoms with E-state index in [0.29, 0.717) is 0 Å². The van der Waals surface area contributed by atoms with Gasteiger partial charge >= 0.3 is 0 Å². The molecule has 0 fully saturated rings. The zero-order valence-corrected chi connectivity index (χ0v) is 58.9. The van der Waals surface area contributed by atoms with Crippen LogP contribution in [0.15, 0.2) is 159 Å². The van der Waals surface area contributed by atoms with E-state index in [2.05, 4.69) is 217 Å². The molecular formula is C82H81N3S6. The minimum atomic E-state index is -0.480. The van der Waals surface area contributed by atoms with Gasteiger partial charge in [-0.15, -0.1) is 68.0 Å². The van der Waals surface area contributed by atoms with Gasteiger partial charge in [-0.25, -0.2) is 0 Å². The van der Waals surface area contributed by atoms with Gasteiger partial charge in [0.15, 0.2) is 0 Å². The van der Waals surface area contributed by atoms with Crippen LogP contribution in [0.1, 0.15) is 203 Å². The first kappa shape index (κ1) is 57.6. The fourth-order valence-electron chi connectivity index (χ4n) is 22.3. The quantitative estimate of drug-likeness (QED) is 0.0766. The molecule has 2 atom stereocenters. The molecule has 460 valence electrons. The van der Waals surface area contributed by atoms with E-state index in [4.69, 9.17) is 0 Å². The number of benzene rings is 4. The minimum Gasteiger partial charge on any atom is -0.307 e. The highest BCUT2D eigenvalue weighted by atomic mass is 32.1. The summed E-state index contributed by atoms with van der Waals surface area (Å²) in [6.45, 7) is 20.4. The van der Waals surface area contributed by atoms with E-state index in [1.54, 1.807) is 55.7 Å². The van der Waals surface area contributed by atoms with Gasteiger partial charge < -0.3 is 13.7 Å². The number of thiophene rings is 6. The maximum atomic E-state index is 2.87. The van der Waals surface area contributed by atoms with Crippen LogP contribution in [-0.2, 0) is 32.5 Å². The molecule has 2 unspecified atom stereocenters. The Hall–Kier alpha value is -6.04. The van der Waals surface area contributed by atoms with Gasteiger partial charge in [0, 0.05) is 49.6 Å². The zero-order valence-electron chi connectivity index (χ0n) is 54.0. The summed E-state index contributed by atoms with van der Waals surface area (Å²) in [4.78, 5) is 0. The lowest BCUT2D eigenvalue weighted by atomic mass is 9.37. The standard InChI is InChI=1S/C82H81N3S6/c1-9-33-77(34-10-2)59-48-51(84-63-29-43-88-72(63)73-64(84)30-44-89-73)22-25-54(59)68-69(77)67-53-24-21-50(83-61-27-41-86-70(61)71-62(83)28-42-87-71)47-58(53)78(35-11-3,36-12-4)76(67)82-57-26-23-52(85-65-31-45-90-74(65)75-66(85)32-46-91-75)49-60(57)80(39-15-7,40-16-8)81(68,82)56-20-18-17-19-55(56)79(82,37-13-5)38-14-6/h17-32,41-49H,9-16,33-40H2,1-8H3. The number of aromatic nitrogens is 3. The minimum absolute atomic E-state index is 0.245. The second kappa shape index (κ2) is 20.7. The van der Waals surface area contributed by atoms with Gasteiger partial charge in [0.1, 0.15) is 0 Å². The number of fused-ring (bicyclic) bond motifs is 16. The van der Waals surface area contributed by atoms with Gasteiger partial charge in [0.05, 0.1) is 61.3 Å². The molecule has 3 nitrogen and oxygen atoms in total. The molecule has 0 amide bonds. The number of rotatable bonds is 19. The Kier molecular flexibility index (Phi) is 13.1. The molecule has 9 aromatic heterocycles. The molecular weight excluding hydrogens is 1220 g/mol. The molecule has 0 saturated carbocycles. The van der Waals surface area contributed by atoms with Gasteiger partial charge in [-0.1, -0.05) is 149 Å². The Morgan fingerprint density at radius 2 is 0.637 bits per heavy atom. The summed E-state index contributed by atoms with van der Waals surface area (Å²) in [5.74, 6) is 0. The first-order valence-corrected chi connectivity index (χ1v) is 39.9. The Balaban J connectivity index is 1.08. The van der Waals surface area contributed by atoms with E-state index in [-0.39, 0.29) is 21.7 Å². The third-order valence-electron chi connectivity index (χ3n) is 23.9. The summed E-state index contributed by atoms with van der Waals surface area (Å²) in [6.07, 6.45) is 17.8. The largest absolute Gasteiger partial charge is 0.307 e. The lowest BCUT2D eigenvalue weighted by Gasteiger charge is -2.64. The van der Waals surface area contributed by atoms with Crippen molar-refractivity contribution in [2.24, 2.45) is 0 Å². The fraction of sp³-hybridized carbons (Fsp3) is 0.366. The van der Waals surface area contributed by atoms with Crippen molar-refractivity contribution in [1.82, 2.24) is 13.7 Å². The molecule has 4 aromatic carbocycles. The van der Waals surface area contributed by atoms with Gasteiger partial charge in [-0.3, -0.25) is 0 Å². The smallest absolute Gasteiger partial charge is 0.0704 e. The van der Waals surface area contributed by atoms with Crippen molar-refractivity contribution in [1.29, 1.82) is 0 Å². The Morgan fingerprint density at radius 1 is 0.297 bits per heavy atom. The van der Waals surface area contributed by atoms with Crippen LogP contribution in [-0.4, -0.2) is 13.7 Å². The van der Waals surface area contributed by atoms with Crippen LogP contribution in [0.25, 0.3) is 89.5 Å². The third-order valence-corrected chi connectivity index (χ3v) is 29.8. The second-order valence-electron chi connectivity index (χ2n) is 27.9. The summed E-state index contributed by atoms with van der Waals surface area (Å²) in [7, 11) is 0. The second-order valence-corrected chi connectivity index (χ2v) is 33.4. The Labute approximate surface area is 560 Å². The molecule has 9 heteroatoms. The lowest BCUT2D eigenvalue weighted by Crippen LogP contribution is -2.64. The fourth-order valence-corrected chi connectivity index (χ4v) is 28.1. The molecule has 5 aliphatic rings. The molecule has 91 heavy (non-hydrogen) atoms. The van der Waals surface area contributed by atoms with Crippen molar-refractivity contribution < 1.29 is 0 Å². The molecule has 13 aromatic rings. The summed E-state index contributed by atoms with van der Waals surface area (Å²) in [5, 5.41) is 14.0. The summed E-state index contributed by atoms with van der Waals surface area (Å²) in [5.41, 5.74) is 29.9. The number of nitrogens with zero attached hydrogens (tertiary/aromatic N) is 3. The van der Waals surface area contributed by atoms with Crippen molar-refractivity contribution in [3.8, 4) is 17.1 Å². The van der Waals surface area contributed by atoms with Crippen LogP contribution in [0, 0.1) is 0 Å². The van der Waals surface area contributed by atoms with Crippen molar-refractivity contribution >= 4 is 140 Å². The number of hydrogen-bond donors (Lipinski definition) is 0. The van der Waals surface area contributed by atoms with Gasteiger partial charge in [0.25, 0.3) is 0 Å². The number of hydrogen-bond acceptors (Lipinski definition) is 6. The monoisotopic (exact) mass is 1300 g/mol. The van der Waals surface area contributed by atoms with Crippen molar-refractivity contribution in [2.75, 3.05) is 0 Å². The first-order valence-electron chi connectivity index (χ1n) is 34.7. The molecule has 0 saturated heterocycles. The Bertz CT molecular complexity index is 5020. The van der Waals surface area contributed by atoms with E-state index in [1.165, 1.54) is 83.9 Å². The van der Waals surface area contributed by atoms with E-state index >= 15 is 0 Å². The Morgan fingerprint density at radius 3 is 1.05 bits per heavy atom. The molecule has 0 bridgehead atoms. The predicted octanol–water partition coefficient (Wildman–Crippen LogP) is 25.9. The lowest BCUT2D eigenvalue weighted by molar-refractivity contribution is 0.108.